The molecule has 1 saturated heterocycles. The molecule has 0 bridgehead atoms. The second kappa shape index (κ2) is 10.1. The summed E-state index contributed by atoms with van der Waals surface area (Å²) in [7, 11) is 0. The van der Waals surface area contributed by atoms with E-state index >= 15 is 0 Å². The summed E-state index contributed by atoms with van der Waals surface area (Å²) in [5.41, 5.74) is 1.66. The lowest BCUT2D eigenvalue weighted by Gasteiger charge is -2.30. The minimum Gasteiger partial charge on any atom is -0.494 e. The molecule has 2 aromatic heterocycles. The minimum absolute atomic E-state index is 0.0307. The van der Waals surface area contributed by atoms with E-state index in [1.807, 2.05) is 31.2 Å². The summed E-state index contributed by atoms with van der Waals surface area (Å²) in [6.07, 6.45) is 3.23. The van der Waals surface area contributed by atoms with Crippen molar-refractivity contribution in [1.82, 2.24) is 19.9 Å². The molecule has 170 valence electrons. The van der Waals surface area contributed by atoms with Crippen LogP contribution in [0.4, 0.5) is 5.13 Å². The summed E-state index contributed by atoms with van der Waals surface area (Å²) in [6, 6.07) is 9.35. The van der Waals surface area contributed by atoms with Crippen LogP contribution in [0.2, 0.25) is 0 Å². The van der Waals surface area contributed by atoms with E-state index in [1.165, 1.54) is 15.9 Å². The molecule has 0 aliphatic carbocycles. The van der Waals surface area contributed by atoms with Crippen molar-refractivity contribution in [3.63, 3.8) is 0 Å². The monoisotopic (exact) mass is 455 g/mol. The average Bonchev–Trinajstić information content (AvgIpc) is 3.24. The van der Waals surface area contributed by atoms with Crippen molar-refractivity contribution >= 4 is 27.3 Å². The van der Waals surface area contributed by atoms with Gasteiger partial charge in [0.2, 0.25) is 16.0 Å². The number of ether oxygens (including phenoxy) is 1. The Kier molecular flexibility index (Phi) is 7.04. The van der Waals surface area contributed by atoms with Gasteiger partial charge in [0, 0.05) is 42.9 Å². The molecule has 32 heavy (non-hydrogen) atoms. The highest BCUT2D eigenvalue weighted by Gasteiger charge is 2.27. The fraction of sp³-hybridized carbons (Fsp3) is 0.478. The largest absolute Gasteiger partial charge is 0.494 e. The van der Waals surface area contributed by atoms with Crippen LogP contribution in [0.1, 0.15) is 44.4 Å². The van der Waals surface area contributed by atoms with E-state index < -0.39 is 0 Å². The van der Waals surface area contributed by atoms with E-state index in [0.717, 1.165) is 60.9 Å². The number of aromatic nitrogens is 3. The van der Waals surface area contributed by atoms with E-state index in [2.05, 4.69) is 27.2 Å². The van der Waals surface area contributed by atoms with E-state index in [4.69, 9.17) is 4.74 Å². The lowest BCUT2D eigenvalue weighted by atomic mass is 9.96. The number of carbonyl (C=O) groups excluding carboxylic acids is 1. The zero-order chi connectivity index (χ0) is 22.5. The molecular weight excluding hydrogens is 426 g/mol. The first-order valence-corrected chi connectivity index (χ1v) is 12.0. The quantitative estimate of drug-likeness (QED) is 0.562. The van der Waals surface area contributed by atoms with Gasteiger partial charge < -0.3 is 15.0 Å². The molecule has 1 aromatic carbocycles. The van der Waals surface area contributed by atoms with Crippen LogP contribution in [-0.2, 0) is 17.8 Å². The number of benzene rings is 1. The van der Waals surface area contributed by atoms with E-state index in [1.54, 1.807) is 6.07 Å². The van der Waals surface area contributed by atoms with Gasteiger partial charge in [0.1, 0.15) is 5.75 Å². The summed E-state index contributed by atoms with van der Waals surface area (Å²) in [5.74, 6) is 0.853. The maximum absolute atomic E-state index is 12.7. The lowest BCUT2D eigenvalue weighted by molar-refractivity contribution is -0.125. The predicted molar refractivity (Wildman–Crippen MR) is 126 cm³/mol. The number of fused-ring (bicyclic) bond motifs is 1. The molecule has 1 N–H and O–H groups in total. The number of hydrogen-bond donors (Lipinski definition) is 1. The van der Waals surface area contributed by atoms with Crippen molar-refractivity contribution in [3.05, 3.63) is 51.9 Å². The third-order valence-corrected chi connectivity index (χ3v) is 6.62. The Hall–Kier alpha value is -2.94. The Morgan fingerprint density at radius 1 is 1.25 bits per heavy atom. The van der Waals surface area contributed by atoms with Crippen molar-refractivity contribution in [2.45, 2.75) is 46.1 Å². The molecule has 0 saturated carbocycles. The van der Waals surface area contributed by atoms with Crippen LogP contribution in [0.25, 0.3) is 4.96 Å². The van der Waals surface area contributed by atoms with Gasteiger partial charge in [-0.1, -0.05) is 42.9 Å². The maximum atomic E-state index is 12.7. The molecule has 0 unspecified atom stereocenters. The van der Waals surface area contributed by atoms with Gasteiger partial charge in [0.05, 0.1) is 6.61 Å². The van der Waals surface area contributed by atoms with Gasteiger partial charge in [-0.25, -0.2) is 4.98 Å². The molecule has 1 fully saturated rings. The highest BCUT2D eigenvalue weighted by molar-refractivity contribution is 7.20. The third-order valence-electron chi connectivity index (χ3n) is 5.66. The van der Waals surface area contributed by atoms with Crippen molar-refractivity contribution in [2.24, 2.45) is 5.92 Å². The molecule has 0 spiro atoms. The number of carbonyl (C=O) groups is 1. The second-order valence-corrected chi connectivity index (χ2v) is 8.87. The Bertz CT molecular complexity index is 1130. The van der Waals surface area contributed by atoms with Crippen LogP contribution in [-0.4, -0.2) is 40.2 Å². The summed E-state index contributed by atoms with van der Waals surface area (Å²) in [5, 5.41) is 8.33. The topological polar surface area (TPSA) is 88.8 Å². The van der Waals surface area contributed by atoms with Crippen LogP contribution >= 0.6 is 11.3 Å². The lowest BCUT2D eigenvalue weighted by Crippen LogP contribution is -2.40. The van der Waals surface area contributed by atoms with Crippen LogP contribution < -0.4 is 20.5 Å². The van der Waals surface area contributed by atoms with Gasteiger partial charge in [-0.05, 0) is 32.3 Å². The van der Waals surface area contributed by atoms with E-state index in [9.17, 15) is 9.59 Å². The average molecular weight is 456 g/mol. The standard InChI is InChI=1S/C23H29N5O3S/c1-3-7-18-14-20(29)28-22(25-18)32-23(26-28)27-12-10-16(11-13-27)21(30)24-15-17-8-5-6-9-19(17)31-4-2/h5-6,8-9,14,16H,3-4,7,10-13,15H2,1-2H3,(H,24,30). The fourth-order valence-corrected chi connectivity index (χ4v) is 4.94. The number of para-hydroxylation sites is 1. The molecule has 4 rings (SSSR count). The molecule has 8 nitrogen and oxygen atoms in total. The number of rotatable bonds is 8. The highest BCUT2D eigenvalue weighted by Crippen LogP contribution is 2.27. The first-order chi connectivity index (χ1) is 15.6. The molecule has 3 heterocycles. The number of nitrogens with one attached hydrogen (secondary N) is 1. The number of amides is 1. The molecule has 1 amide bonds. The van der Waals surface area contributed by atoms with Gasteiger partial charge >= 0.3 is 0 Å². The number of aryl methyl sites for hydroxylation is 1. The number of piperidine rings is 1. The molecule has 1 aliphatic heterocycles. The van der Waals surface area contributed by atoms with Crippen molar-refractivity contribution in [2.75, 3.05) is 24.6 Å². The normalized spacial score (nSPS) is 14.6. The number of anilines is 1. The van der Waals surface area contributed by atoms with Gasteiger partial charge in [-0.2, -0.15) is 4.52 Å². The molecule has 0 radical (unpaired) electrons. The van der Waals surface area contributed by atoms with Crippen molar-refractivity contribution < 1.29 is 9.53 Å². The van der Waals surface area contributed by atoms with Crippen molar-refractivity contribution in [3.8, 4) is 5.75 Å². The van der Waals surface area contributed by atoms with Crippen molar-refractivity contribution in [1.29, 1.82) is 0 Å². The number of hydrogen-bond acceptors (Lipinski definition) is 7. The van der Waals surface area contributed by atoms with Gasteiger partial charge in [0.15, 0.2) is 0 Å². The molecular formula is C23H29N5O3S. The molecule has 9 heteroatoms. The Labute approximate surface area is 191 Å². The Morgan fingerprint density at radius 2 is 2.03 bits per heavy atom. The van der Waals surface area contributed by atoms with Crippen LogP contribution in [0.3, 0.4) is 0 Å². The fourth-order valence-electron chi connectivity index (χ4n) is 3.96. The summed E-state index contributed by atoms with van der Waals surface area (Å²) in [6.45, 7) is 6.53. The number of nitrogens with zero attached hydrogens (tertiary/aromatic N) is 4. The van der Waals surface area contributed by atoms with Crippen LogP contribution in [0, 0.1) is 5.92 Å². The zero-order valence-corrected chi connectivity index (χ0v) is 19.4. The third kappa shape index (κ3) is 4.93. The summed E-state index contributed by atoms with van der Waals surface area (Å²) in [4.78, 5) is 32.4. The van der Waals surface area contributed by atoms with Gasteiger partial charge in [0.25, 0.3) is 5.56 Å². The predicted octanol–water partition coefficient (Wildman–Crippen LogP) is 3.04. The summed E-state index contributed by atoms with van der Waals surface area (Å²) >= 11 is 1.43. The van der Waals surface area contributed by atoms with E-state index in [0.29, 0.717) is 18.1 Å². The highest BCUT2D eigenvalue weighted by atomic mass is 32.1. The van der Waals surface area contributed by atoms with E-state index in [-0.39, 0.29) is 17.4 Å². The van der Waals surface area contributed by atoms with Gasteiger partial charge in [-0.15, -0.1) is 5.10 Å². The van der Waals surface area contributed by atoms with Crippen LogP contribution in [0.5, 0.6) is 5.75 Å². The van der Waals surface area contributed by atoms with Crippen LogP contribution in [0.15, 0.2) is 35.1 Å². The first-order valence-electron chi connectivity index (χ1n) is 11.2. The first kappa shape index (κ1) is 22.3. The SMILES string of the molecule is CCCc1cc(=O)n2nc(N3CCC(C(=O)NCc4ccccc4OCC)CC3)sc2n1. The molecule has 1 aliphatic rings. The second-order valence-electron chi connectivity index (χ2n) is 7.93. The zero-order valence-electron chi connectivity index (χ0n) is 18.5. The smallest absolute Gasteiger partial charge is 0.275 e. The molecule has 0 atom stereocenters. The minimum atomic E-state index is -0.137. The Morgan fingerprint density at radius 3 is 2.78 bits per heavy atom. The Balaban J connectivity index is 1.35. The van der Waals surface area contributed by atoms with Gasteiger partial charge in [-0.3, -0.25) is 9.59 Å². The maximum Gasteiger partial charge on any atom is 0.275 e. The molecule has 3 aromatic rings. The summed E-state index contributed by atoms with van der Waals surface area (Å²) < 4.78 is 7.02.